The highest BCUT2D eigenvalue weighted by Gasteiger charge is 2.31. The maximum Gasteiger partial charge on any atom is 0.413 e. The lowest BCUT2D eigenvalue weighted by atomic mass is 10.2. The van der Waals surface area contributed by atoms with E-state index in [-0.39, 0.29) is 9.39 Å². The first-order valence-corrected chi connectivity index (χ1v) is 4.86. The number of esters is 1. The van der Waals surface area contributed by atoms with Crippen LogP contribution in [-0.2, 0) is 9.53 Å². The molecule has 0 aromatic carbocycles. The van der Waals surface area contributed by atoms with Crippen molar-refractivity contribution in [2.75, 3.05) is 7.11 Å². The number of halogens is 4. The molecule has 0 spiro atoms. The average molecular weight is 305 g/mol. The van der Waals surface area contributed by atoms with Gasteiger partial charge in [-0.2, -0.15) is 13.2 Å². The fraction of sp³-hybridized carbons (Fsp3) is 0.375. The monoisotopic (exact) mass is 304 g/mol. The predicted molar refractivity (Wildman–Crippen MR) is 56.8 cm³/mol. The molecule has 86 valence electrons. The van der Waals surface area contributed by atoms with E-state index in [1.165, 1.54) is 0 Å². The summed E-state index contributed by atoms with van der Waals surface area (Å²) < 4.78 is 40.5. The van der Waals surface area contributed by atoms with Crippen LogP contribution in [0.3, 0.4) is 0 Å². The SMILES string of the molecule is COC(=O)/C(S)=C/C(Br)=C(\C)C(F)(F)F. The van der Waals surface area contributed by atoms with Crippen LogP contribution in [-0.4, -0.2) is 19.3 Å². The molecule has 0 bridgehead atoms. The summed E-state index contributed by atoms with van der Waals surface area (Å²) in [4.78, 5) is 10.6. The van der Waals surface area contributed by atoms with E-state index in [1.54, 1.807) is 0 Å². The van der Waals surface area contributed by atoms with Crippen LogP contribution in [0.1, 0.15) is 6.92 Å². The molecule has 0 amide bonds. The third-order valence-corrected chi connectivity index (χ3v) is 2.58. The van der Waals surface area contributed by atoms with Crippen molar-refractivity contribution >= 4 is 34.5 Å². The maximum atomic E-state index is 12.2. The van der Waals surface area contributed by atoms with E-state index in [0.29, 0.717) is 0 Å². The zero-order valence-corrected chi connectivity index (χ0v) is 10.3. The Kier molecular flexibility index (Phi) is 5.44. The fourth-order valence-corrected chi connectivity index (χ4v) is 1.38. The van der Waals surface area contributed by atoms with Gasteiger partial charge in [0.25, 0.3) is 0 Å². The third-order valence-electron chi connectivity index (χ3n) is 1.44. The van der Waals surface area contributed by atoms with E-state index in [0.717, 1.165) is 20.1 Å². The van der Waals surface area contributed by atoms with Crippen LogP contribution in [0.4, 0.5) is 13.2 Å². The molecule has 2 nitrogen and oxygen atoms in total. The molecule has 0 radical (unpaired) electrons. The molecule has 0 aromatic heterocycles. The van der Waals surface area contributed by atoms with Gasteiger partial charge in [-0.15, -0.1) is 12.6 Å². The number of hydrogen-bond donors (Lipinski definition) is 1. The Morgan fingerprint density at radius 3 is 2.27 bits per heavy atom. The molecule has 0 fully saturated rings. The summed E-state index contributed by atoms with van der Waals surface area (Å²) in [6.45, 7) is 0.888. The van der Waals surface area contributed by atoms with Gasteiger partial charge < -0.3 is 4.74 Å². The molecule has 0 aliphatic heterocycles. The number of carbonyl (C=O) groups excluding carboxylic acids is 1. The fourth-order valence-electron chi connectivity index (χ4n) is 0.527. The normalized spacial score (nSPS) is 14.7. The number of rotatable bonds is 2. The summed E-state index contributed by atoms with van der Waals surface area (Å²) >= 11 is 6.39. The number of methoxy groups -OCH3 is 1. The minimum atomic E-state index is -4.44. The number of allylic oxidation sites excluding steroid dienone is 3. The maximum absolute atomic E-state index is 12.2. The first kappa shape index (κ1) is 14.6. The predicted octanol–water partition coefficient (Wildman–Crippen LogP) is 3.20. The standard InChI is InChI=1S/C8H8BrF3O2S/c1-4(8(10,11)12)5(9)3-6(15)7(13)14-2/h3,15H,1-2H3/b5-4-,6-3-. The molecule has 0 saturated heterocycles. The Hall–Kier alpha value is -0.430. The van der Waals surface area contributed by atoms with Crippen LogP contribution >= 0.6 is 28.6 Å². The second kappa shape index (κ2) is 5.60. The van der Waals surface area contributed by atoms with Crippen LogP contribution < -0.4 is 0 Å². The molecule has 0 N–H and O–H groups in total. The van der Waals surface area contributed by atoms with E-state index >= 15 is 0 Å². The van der Waals surface area contributed by atoms with Crippen molar-refractivity contribution in [1.29, 1.82) is 0 Å². The number of thiol groups is 1. The summed E-state index contributed by atoms with van der Waals surface area (Å²) in [6.07, 6.45) is -3.50. The summed E-state index contributed by atoms with van der Waals surface area (Å²) in [5.74, 6) is -0.801. The molecule has 0 aromatic rings. The van der Waals surface area contributed by atoms with Gasteiger partial charge in [0.1, 0.15) is 0 Å². The van der Waals surface area contributed by atoms with E-state index in [4.69, 9.17) is 0 Å². The molecule has 0 aliphatic carbocycles. The van der Waals surface area contributed by atoms with Gasteiger partial charge >= 0.3 is 12.1 Å². The molecule has 15 heavy (non-hydrogen) atoms. The molecular weight excluding hydrogens is 297 g/mol. The quantitative estimate of drug-likeness (QED) is 0.367. The molecule has 0 unspecified atom stereocenters. The van der Waals surface area contributed by atoms with Crippen LogP contribution in [0.15, 0.2) is 21.0 Å². The topological polar surface area (TPSA) is 26.3 Å². The highest BCUT2D eigenvalue weighted by molar-refractivity contribution is 9.11. The lowest BCUT2D eigenvalue weighted by Gasteiger charge is -2.07. The minimum Gasteiger partial charge on any atom is -0.465 e. The Labute approximate surface area is 98.7 Å². The van der Waals surface area contributed by atoms with Crippen molar-refractivity contribution in [1.82, 2.24) is 0 Å². The summed E-state index contributed by atoms with van der Waals surface area (Å²) in [5.41, 5.74) is -0.849. The van der Waals surface area contributed by atoms with E-state index in [2.05, 4.69) is 33.3 Å². The summed E-state index contributed by atoms with van der Waals surface area (Å²) in [5, 5.41) is 0. The van der Waals surface area contributed by atoms with Crippen molar-refractivity contribution < 1.29 is 22.7 Å². The smallest absolute Gasteiger partial charge is 0.413 e. The van der Waals surface area contributed by atoms with Gasteiger partial charge in [-0.3, -0.25) is 0 Å². The van der Waals surface area contributed by atoms with Gasteiger partial charge in [0, 0.05) is 10.1 Å². The second-order valence-corrected chi connectivity index (χ2v) is 3.83. The van der Waals surface area contributed by atoms with Gasteiger partial charge in [-0.1, -0.05) is 15.9 Å². The van der Waals surface area contributed by atoms with E-state index < -0.39 is 17.7 Å². The van der Waals surface area contributed by atoms with Gasteiger partial charge in [0.2, 0.25) is 0 Å². The van der Waals surface area contributed by atoms with Crippen molar-refractivity contribution in [2.24, 2.45) is 0 Å². The Morgan fingerprint density at radius 1 is 1.47 bits per heavy atom. The minimum absolute atomic E-state index is 0.215. The molecule has 0 aliphatic rings. The first-order chi connectivity index (χ1) is 6.70. The number of ether oxygens (including phenoxy) is 1. The van der Waals surface area contributed by atoms with Crippen LogP contribution in [0.2, 0.25) is 0 Å². The van der Waals surface area contributed by atoms with Crippen LogP contribution in [0.5, 0.6) is 0 Å². The molecule has 0 heterocycles. The van der Waals surface area contributed by atoms with E-state index in [1.807, 2.05) is 0 Å². The number of carbonyl (C=O) groups is 1. The Morgan fingerprint density at radius 2 is 1.93 bits per heavy atom. The lowest BCUT2D eigenvalue weighted by Crippen LogP contribution is -2.10. The Balaban J connectivity index is 5.04. The molecule has 0 rings (SSSR count). The van der Waals surface area contributed by atoms with Crippen molar-refractivity contribution in [3.63, 3.8) is 0 Å². The largest absolute Gasteiger partial charge is 0.465 e. The average Bonchev–Trinajstić information content (AvgIpc) is 2.13. The summed E-state index contributed by atoms with van der Waals surface area (Å²) in [7, 11) is 1.11. The molecule has 7 heteroatoms. The third kappa shape index (κ3) is 4.74. The van der Waals surface area contributed by atoms with Crippen molar-refractivity contribution in [3.8, 4) is 0 Å². The zero-order valence-electron chi connectivity index (χ0n) is 7.85. The van der Waals surface area contributed by atoms with Gasteiger partial charge in [-0.25, -0.2) is 4.79 Å². The van der Waals surface area contributed by atoms with Crippen molar-refractivity contribution in [2.45, 2.75) is 13.1 Å². The Bertz CT molecular complexity index is 320. The molecule has 0 atom stereocenters. The van der Waals surface area contributed by atoms with E-state index in [9.17, 15) is 18.0 Å². The van der Waals surface area contributed by atoms with Gasteiger partial charge in [0.15, 0.2) is 0 Å². The highest BCUT2D eigenvalue weighted by atomic mass is 79.9. The second-order valence-electron chi connectivity index (χ2n) is 2.49. The number of alkyl halides is 3. The molecular formula is C8H8BrF3O2S. The van der Waals surface area contributed by atoms with Crippen molar-refractivity contribution in [3.05, 3.63) is 21.0 Å². The lowest BCUT2D eigenvalue weighted by molar-refractivity contribution is -0.135. The zero-order chi connectivity index (χ0) is 12.2. The van der Waals surface area contributed by atoms with Crippen LogP contribution in [0, 0.1) is 0 Å². The van der Waals surface area contributed by atoms with Crippen LogP contribution in [0.25, 0.3) is 0 Å². The number of hydrogen-bond acceptors (Lipinski definition) is 3. The van der Waals surface area contributed by atoms with Gasteiger partial charge in [0.05, 0.1) is 12.0 Å². The molecule has 0 saturated carbocycles. The van der Waals surface area contributed by atoms with Gasteiger partial charge in [-0.05, 0) is 13.0 Å². The summed E-state index contributed by atoms with van der Waals surface area (Å²) in [6, 6.07) is 0. The first-order valence-electron chi connectivity index (χ1n) is 3.62. The highest BCUT2D eigenvalue weighted by Crippen LogP contribution is 2.31.